The summed E-state index contributed by atoms with van der Waals surface area (Å²) in [6.07, 6.45) is 0. The highest BCUT2D eigenvalue weighted by Gasteiger charge is 2.06. The number of para-hydroxylation sites is 1. The van der Waals surface area contributed by atoms with Crippen LogP contribution in [0.15, 0.2) is 34.1 Å². The van der Waals surface area contributed by atoms with Gasteiger partial charge in [0.25, 0.3) is 0 Å². The maximum absolute atomic E-state index is 6.05. The fraction of sp³-hybridized carbons (Fsp3) is 0.0909. The van der Waals surface area contributed by atoms with Crippen molar-refractivity contribution in [1.29, 1.82) is 0 Å². The van der Waals surface area contributed by atoms with Gasteiger partial charge in [0.2, 0.25) is 0 Å². The van der Waals surface area contributed by atoms with Crippen molar-refractivity contribution in [2.24, 2.45) is 0 Å². The Kier molecular flexibility index (Phi) is 4.14. The first-order valence-corrected chi connectivity index (χ1v) is 7.01. The number of thiophene rings is 1. The van der Waals surface area contributed by atoms with Gasteiger partial charge in [-0.05, 0) is 39.5 Å². The molecule has 2 rings (SSSR count). The molecule has 2 aromatic rings. The molecular formula is C11H8BrCl2NS. The summed E-state index contributed by atoms with van der Waals surface area (Å²) < 4.78 is 1.10. The second kappa shape index (κ2) is 5.41. The number of nitrogens with one attached hydrogen (secondary N) is 1. The average Bonchev–Trinajstić information content (AvgIpc) is 2.64. The van der Waals surface area contributed by atoms with Gasteiger partial charge in [-0.1, -0.05) is 29.3 Å². The molecular weight excluding hydrogens is 329 g/mol. The standard InChI is InChI=1S/C11H8BrCl2NS/c12-7-4-5-16-10(7)6-15-11-8(13)2-1-3-9(11)14/h1-5,15H,6H2. The van der Waals surface area contributed by atoms with Gasteiger partial charge in [-0.2, -0.15) is 0 Å². The molecule has 0 unspecified atom stereocenters. The molecule has 0 saturated heterocycles. The number of rotatable bonds is 3. The largest absolute Gasteiger partial charge is 0.378 e. The molecule has 84 valence electrons. The normalized spacial score (nSPS) is 10.4. The maximum atomic E-state index is 6.05. The number of halogens is 3. The molecule has 0 aliphatic carbocycles. The fourth-order valence-electron chi connectivity index (χ4n) is 1.29. The zero-order chi connectivity index (χ0) is 11.5. The zero-order valence-corrected chi connectivity index (χ0v) is 12.1. The third kappa shape index (κ3) is 2.72. The van der Waals surface area contributed by atoms with Crippen LogP contribution in [0, 0.1) is 0 Å². The SMILES string of the molecule is Clc1cccc(Cl)c1NCc1sccc1Br. The van der Waals surface area contributed by atoms with Gasteiger partial charge in [0.1, 0.15) is 0 Å². The van der Waals surface area contributed by atoms with E-state index in [9.17, 15) is 0 Å². The maximum Gasteiger partial charge on any atom is 0.0721 e. The van der Waals surface area contributed by atoms with E-state index in [0.717, 1.165) is 10.2 Å². The van der Waals surface area contributed by atoms with E-state index in [1.807, 2.05) is 29.6 Å². The molecule has 0 spiro atoms. The lowest BCUT2D eigenvalue weighted by molar-refractivity contribution is 1.18. The molecule has 5 heteroatoms. The third-order valence-electron chi connectivity index (χ3n) is 2.08. The first kappa shape index (κ1) is 12.2. The molecule has 0 amide bonds. The van der Waals surface area contributed by atoms with Crippen molar-refractivity contribution in [3.8, 4) is 0 Å². The van der Waals surface area contributed by atoms with E-state index in [4.69, 9.17) is 23.2 Å². The van der Waals surface area contributed by atoms with E-state index >= 15 is 0 Å². The van der Waals surface area contributed by atoms with Crippen LogP contribution in [-0.4, -0.2) is 0 Å². The zero-order valence-electron chi connectivity index (χ0n) is 8.14. The Labute approximate surface area is 117 Å². The topological polar surface area (TPSA) is 12.0 Å². The van der Waals surface area contributed by atoms with E-state index < -0.39 is 0 Å². The van der Waals surface area contributed by atoms with E-state index in [1.54, 1.807) is 11.3 Å². The first-order chi connectivity index (χ1) is 7.68. The summed E-state index contributed by atoms with van der Waals surface area (Å²) in [4.78, 5) is 1.22. The smallest absolute Gasteiger partial charge is 0.0721 e. The van der Waals surface area contributed by atoms with E-state index in [2.05, 4.69) is 21.2 Å². The van der Waals surface area contributed by atoms with Crippen LogP contribution < -0.4 is 5.32 Å². The Morgan fingerprint density at radius 2 is 1.88 bits per heavy atom. The molecule has 0 fully saturated rings. The second-order valence-electron chi connectivity index (χ2n) is 3.14. The van der Waals surface area contributed by atoms with Crippen molar-refractivity contribution in [3.05, 3.63) is 49.0 Å². The molecule has 1 N–H and O–H groups in total. The van der Waals surface area contributed by atoms with Gasteiger partial charge in [-0.25, -0.2) is 0 Å². The van der Waals surface area contributed by atoms with Gasteiger partial charge < -0.3 is 5.32 Å². The van der Waals surface area contributed by atoms with Crippen LogP contribution in [0.25, 0.3) is 0 Å². The number of hydrogen-bond acceptors (Lipinski definition) is 2. The summed E-state index contributed by atoms with van der Waals surface area (Å²) in [5.41, 5.74) is 0.783. The summed E-state index contributed by atoms with van der Waals surface area (Å²) >= 11 is 17.3. The van der Waals surface area contributed by atoms with E-state index in [0.29, 0.717) is 16.6 Å². The van der Waals surface area contributed by atoms with Crippen molar-refractivity contribution >= 4 is 56.2 Å². The monoisotopic (exact) mass is 335 g/mol. The molecule has 1 heterocycles. The van der Waals surface area contributed by atoms with E-state index in [1.165, 1.54) is 4.88 Å². The predicted molar refractivity (Wildman–Crippen MR) is 75.8 cm³/mol. The van der Waals surface area contributed by atoms with Crippen LogP contribution >= 0.6 is 50.5 Å². The first-order valence-electron chi connectivity index (χ1n) is 4.58. The second-order valence-corrected chi connectivity index (χ2v) is 5.81. The van der Waals surface area contributed by atoms with Gasteiger partial charge in [-0.3, -0.25) is 0 Å². The van der Waals surface area contributed by atoms with Crippen molar-refractivity contribution < 1.29 is 0 Å². The van der Waals surface area contributed by atoms with Crippen LogP contribution in [0.3, 0.4) is 0 Å². The summed E-state index contributed by atoms with van der Waals surface area (Å²) in [5.74, 6) is 0. The lowest BCUT2D eigenvalue weighted by Crippen LogP contribution is -1.99. The molecule has 16 heavy (non-hydrogen) atoms. The molecule has 0 saturated carbocycles. The summed E-state index contributed by atoms with van der Waals surface area (Å²) in [5, 5.41) is 6.56. The summed E-state index contributed by atoms with van der Waals surface area (Å²) in [7, 11) is 0. The number of benzene rings is 1. The lowest BCUT2D eigenvalue weighted by atomic mass is 10.3. The third-order valence-corrected chi connectivity index (χ3v) is 4.64. The fourth-order valence-corrected chi connectivity index (χ4v) is 3.25. The van der Waals surface area contributed by atoms with Gasteiger partial charge in [0.05, 0.1) is 22.3 Å². The van der Waals surface area contributed by atoms with Crippen LogP contribution in [0.1, 0.15) is 4.88 Å². The Hall–Kier alpha value is -0.220. The number of anilines is 1. The molecule has 1 nitrogen and oxygen atoms in total. The Morgan fingerprint density at radius 3 is 2.44 bits per heavy atom. The Morgan fingerprint density at radius 1 is 1.19 bits per heavy atom. The molecule has 1 aromatic carbocycles. The van der Waals surface area contributed by atoms with Crippen molar-refractivity contribution in [2.45, 2.75) is 6.54 Å². The van der Waals surface area contributed by atoms with Gasteiger partial charge in [-0.15, -0.1) is 11.3 Å². The predicted octanol–water partition coefficient (Wildman–Crippen LogP) is 5.43. The summed E-state index contributed by atoms with van der Waals surface area (Å²) in [6, 6.07) is 7.49. The molecule has 0 radical (unpaired) electrons. The molecule has 0 bridgehead atoms. The van der Waals surface area contributed by atoms with E-state index in [-0.39, 0.29) is 0 Å². The molecule has 0 aliphatic heterocycles. The van der Waals surface area contributed by atoms with Crippen LogP contribution in [0.2, 0.25) is 10.0 Å². The van der Waals surface area contributed by atoms with Gasteiger partial charge >= 0.3 is 0 Å². The quantitative estimate of drug-likeness (QED) is 0.788. The van der Waals surface area contributed by atoms with Gasteiger partial charge in [0.15, 0.2) is 0 Å². The highest BCUT2D eigenvalue weighted by molar-refractivity contribution is 9.10. The van der Waals surface area contributed by atoms with Crippen molar-refractivity contribution in [1.82, 2.24) is 0 Å². The van der Waals surface area contributed by atoms with Crippen LogP contribution in [-0.2, 0) is 6.54 Å². The minimum absolute atomic E-state index is 0.639. The van der Waals surface area contributed by atoms with Crippen LogP contribution in [0.4, 0.5) is 5.69 Å². The number of hydrogen-bond donors (Lipinski definition) is 1. The Balaban J connectivity index is 2.14. The molecule has 0 atom stereocenters. The Bertz CT molecular complexity index is 478. The van der Waals surface area contributed by atoms with Crippen molar-refractivity contribution in [3.63, 3.8) is 0 Å². The van der Waals surface area contributed by atoms with Gasteiger partial charge in [0, 0.05) is 9.35 Å². The summed E-state index contributed by atoms with van der Waals surface area (Å²) in [6.45, 7) is 0.710. The lowest BCUT2D eigenvalue weighted by Gasteiger charge is -2.09. The average molecular weight is 337 g/mol. The van der Waals surface area contributed by atoms with Crippen LogP contribution in [0.5, 0.6) is 0 Å². The van der Waals surface area contributed by atoms with Crippen molar-refractivity contribution in [2.75, 3.05) is 5.32 Å². The highest BCUT2D eigenvalue weighted by Crippen LogP contribution is 2.31. The minimum Gasteiger partial charge on any atom is -0.378 e. The molecule has 0 aliphatic rings. The molecule has 1 aromatic heterocycles. The highest BCUT2D eigenvalue weighted by atomic mass is 79.9. The minimum atomic E-state index is 0.639.